The predicted molar refractivity (Wildman–Crippen MR) is 84.9 cm³/mol. The number of imidazole rings is 1. The van der Waals surface area contributed by atoms with Crippen LogP contribution in [0.2, 0.25) is 0 Å². The van der Waals surface area contributed by atoms with Gasteiger partial charge in [-0.1, -0.05) is 12.1 Å². The number of hydrogen-bond acceptors (Lipinski definition) is 2. The van der Waals surface area contributed by atoms with Crippen molar-refractivity contribution in [1.29, 1.82) is 0 Å². The van der Waals surface area contributed by atoms with Gasteiger partial charge in [0.1, 0.15) is 5.82 Å². The standard InChI is InChI=1S/C18H15FN2O2/c1-12-6-14(2-3-17(12)18(22)23)15-7-13(8-16(19)9-15)10-21-5-4-20-11-21/h2-9,11H,10H2,1H3,(H,22,23). The summed E-state index contributed by atoms with van der Waals surface area (Å²) in [4.78, 5) is 15.1. The number of aromatic nitrogens is 2. The fourth-order valence-electron chi connectivity index (χ4n) is 2.58. The third-order valence-corrected chi connectivity index (χ3v) is 3.67. The van der Waals surface area contributed by atoms with Gasteiger partial charge in [0.15, 0.2) is 0 Å². The van der Waals surface area contributed by atoms with Crippen LogP contribution in [0.3, 0.4) is 0 Å². The number of aryl methyl sites for hydroxylation is 1. The molecule has 3 rings (SSSR count). The Morgan fingerprint density at radius 1 is 1.22 bits per heavy atom. The zero-order chi connectivity index (χ0) is 16.4. The summed E-state index contributed by atoms with van der Waals surface area (Å²) in [6, 6.07) is 9.85. The van der Waals surface area contributed by atoms with Gasteiger partial charge in [-0.25, -0.2) is 14.2 Å². The second-order valence-electron chi connectivity index (χ2n) is 5.42. The Morgan fingerprint density at radius 3 is 2.70 bits per heavy atom. The molecule has 2 aromatic carbocycles. The number of aromatic carboxylic acids is 1. The van der Waals surface area contributed by atoms with E-state index < -0.39 is 5.97 Å². The van der Waals surface area contributed by atoms with Gasteiger partial charge in [-0.05, 0) is 53.4 Å². The fourth-order valence-corrected chi connectivity index (χ4v) is 2.58. The molecule has 0 fully saturated rings. The number of benzene rings is 2. The maximum absolute atomic E-state index is 13.9. The minimum absolute atomic E-state index is 0.254. The molecule has 23 heavy (non-hydrogen) atoms. The van der Waals surface area contributed by atoms with Crippen molar-refractivity contribution in [2.75, 3.05) is 0 Å². The number of nitrogens with zero attached hydrogens (tertiary/aromatic N) is 2. The zero-order valence-electron chi connectivity index (χ0n) is 12.5. The van der Waals surface area contributed by atoms with Crippen molar-refractivity contribution >= 4 is 5.97 Å². The van der Waals surface area contributed by atoms with E-state index in [1.165, 1.54) is 12.1 Å². The molecule has 0 aliphatic carbocycles. The van der Waals surface area contributed by atoms with Gasteiger partial charge >= 0.3 is 5.97 Å². The van der Waals surface area contributed by atoms with E-state index in [-0.39, 0.29) is 11.4 Å². The lowest BCUT2D eigenvalue weighted by molar-refractivity contribution is 0.0696. The SMILES string of the molecule is Cc1cc(-c2cc(F)cc(Cn3ccnc3)c2)ccc1C(=O)O. The average molecular weight is 310 g/mol. The molecule has 4 nitrogen and oxygen atoms in total. The fraction of sp³-hybridized carbons (Fsp3) is 0.111. The molecule has 0 aliphatic rings. The van der Waals surface area contributed by atoms with Gasteiger partial charge in [-0.15, -0.1) is 0 Å². The summed E-state index contributed by atoms with van der Waals surface area (Å²) in [6.45, 7) is 2.26. The minimum Gasteiger partial charge on any atom is -0.478 e. The molecule has 0 aliphatic heterocycles. The molecule has 1 N–H and O–H groups in total. The van der Waals surface area contributed by atoms with E-state index in [9.17, 15) is 9.18 Å². The van der Waals surface area contributed by atoms with Crippen molar-refractivity contribution in [1.82, 2.24) is 9.55 Å². The van der Waals surface area contributed by atoms with Crippen molar-refractivity contribution in [3.05, 3.63) is 77.6 Å². The molecule has 0 atom stereocenters. The van der Waals surface area contributed by atoms with Crippen LogP contribution in [0.15, 0.2) is 55.1 Å². The Morgan fingerprint density at radius 2 is 2.04 bits per heavy atom. The van der Waals surface area contributed by atoms with Gasteiger partial charge in [0.25, 0.3) is 0 Å². The highest BCUT2D eigenvalue weighted by atomic mass is 19.1. The Balaban J connectivity index is 1.98. The monoisotopic (exact) mass is 310 g/mol. The van der Waals surface area contributed by atoms with Crippen LogP contribution < -0.4 is 0 Å². The van der Waals surface area contributed by atoms with E-state index in [4.69, 9.17) is 5.11 Å². The van der Waals surface area contributed by atoms with Crippen LogP contribution in [-0.2, 0) is 6.54 Å². The zero-order valence-corrected chi connectivity index (χ0v) is 12.5. The second kappa shape index (κ2) is 6.04. The van der Waals surface area contributed by atoms with Gasteiger partial charge in [0.05, 0.1) is 11.9 Å². The molecule has 0 spiro atoms. The van der Waals surface area contributed by atoms with Crippen LogP contribution in [0, 0.1) is 12.7 Å². The Kier molecular flexibility index (Phi) is 3.93. The van der Waals surface area contributed by atoms with E-state index in [0.717, 1.165) is 16.7 Å². The summed E-state index contributed by atoms with van der Waals surface area (Å²) in [7, 11) is 0. The molecule has 116 valence electrons. The van der Waals surface area contributed by atoms with E-state index in [2.05, 4.69) is 4.98 Å². The number of rotatable bonds is 4. The Hall–Kier alpha value is -2.95. The van der Waals surface area contributed by atoms with Gasteiger partial charge < -0.3 is 9.67 Å². The smallest absolute Gasteiger partial charge is 0.335 e. The summed E-state index contributed by atoms with van der Waals surface area (Å²) in [6.07, 6.45) is 5.17. The molecule has 0 saturated heterocycles. The number of halogens is 1. The molecular formula is C18H15FN2O2. The summed E-state index contributed by atoms with van der Waals surface area (Å²) < 4.78 is 15.8. The molecule has 1 aromatic heterocycles. The van der Waals surface area contributed by atoms with Crippen LogP contribution in [0.25, 0.3) is 11.1 Å². The second-order valence-corrected chi connectivity index (χ2v) is 5.42. The molecule has 0 saturated carbocycles. The van der Waals surface area contributed by atoms with E-state index in [0.29, 0.717) is 12.1 Å². The van der Waals surface area contributed by atoms with Gasteiger partial charge in [0.2, 0.25) is 0 Å². The lowest BCUT2D eigenvalue weighted by Gasteiger charge is -2.09. The number of carboxylic acids is 1. The molecule has 0 radical (unpaired) electrons. The molecule has 0 amide bonds. The number of carboxylic acid groups (broad SMARTS) is 1. The number of carbonyl (C=O) groups is 1. The van der Waals surface area contributed by atoms with Crippen molar-refractivity contribution in [2.45, 2.75) is 13.5 Å². The van der Waals surface area contributed by atoms with Gasteiger partial charge in [-0.2, -0.15) is 0 Å². The quantitative estimate of drug-likeness (QED) is 0.798. The van der Waals surface area contributed by atoms with Crippen LogP contribution in [-0.4, -0.2) is 20.6 Å². The van der Waals surface area contributed by atoms with Crippen LogP contribution in [0.1, 0.15) is 21.5 Å². The lowest BCUT2D eigenvalue weighted by atomic mass is 9.98. The van der Waals surface area contributed by atoms with E-state index in [1.54, 1.807) is 37.6 Å². The maximum Gasteiger partial charge on any atom is 0.335 e. The van der Waals surface area contributed by atoms with Crippen molar-refractivity contribution < 1.29 is 14.3 Å². The van der Waals surface area contributed by atoms with Crippen molar-refractivity contribution in [2.24, 2.45) is 0 Å². The first-order valence-corrected chi connectivity index (χ1v) is 7.12. The summed E-state index contributed by atoms with van der Waals surface area (Å²) in [5, 5.41) is 9.09. The highest BCUT2D eigenvalue weighted by Gasteiger charge is 2.09. The average Bonchev–Trinajstić information content (AvgIpc) is 2.99. The van der Waals surface area contributed by atoms with Crippen LogP contribution in [0.4, 0.5) is 4.39 Å². The first-order chi connectivity index (χ1) is 11.0. The molecule has 0 unspecified atom stereocenters. The summed E-state index contributed by atoms with van der Waals surface area (Å²) in [5.74, 6) is -1.29. The maximum atomic E-state index is 13.9. The largest absolute Gasteiger partial charge is 0.478 e. The molecule has 0 bridgehead atoms. The Labute approximate surface area is 132 Å². The third kappa shape index (κ3) is 3.29. The summed E-state index contributed by atoms with van der Waals surface area (Å²) in [5.41, 5.74) is 3.23. The highest BCUT2D eigenvalue weighted by Crippen LogP contribution is 2.25. The van der Waals surface area contributed by atoms with Gasteiger partial charge in [0, 0.05) is 18.9 Å². The van der Waals surface area contributed by atoms with Gasteiger partial charge in [-0.3, -0.25) is 0 Å². The Bertz CT molecular complexity index is 857. The van der Waals surface area contributed by atoms with E-state index >= 15 is 0 Å². The van der Waals surface area contributed by atoms with Crippen molar-refractivity contribution in [3.8, 4) is 11.1 Å². The number of hydrogen-bond donors (Lipinski definition) is 1. The molecular weight excluding hydrogens is 295 g/mol. The normalized spacial score (nSPS) is 10.7. The van der Waals surface area contributed by atoms with E-state index in [1.807, 2.05) is 16.8 Å². The predicted octanol–water partition coefficient (Wildman–Crippen LogP) is 3.74. The first-order valence-electron chi connectivity index (χ1n) is 7.12. The molecule has 1 heterocycles. The van der Waals surface area contributed by atoms with Crippen LogP contribution >= 0.6 is 0 Å². The summed E-state index contributed by atoms with van der Waals surface area (Å²) >= 11 is 0. The minimum atomic E-state index is -0.964. The third-order valence-electron chi connectivity index (χ3n) is 3.67. The molecule has 3 aromatic rings. The van der Waals surface area contributed by atoms with Crippen LogP contribution in [0.5, 0.6) is 0 Å². The van der Waals surface area contributed by atoms with Crippen molar-refractivity contribution in [3.63, 3.8) is 0 Å². The topological polar surface area (TPSA) is 55.1 Å². The molecule has 5 heteroatoms. The lowest BCUT2D eigenvalue weighted by Crippen LogP contribution is -2.00. The highest BCUT2D eigenvalue weighted by molar-refractivity contribution is 5.90. The first kappa shape index (κ1) is 15.0.